The number of rotatable bonds is 3. The van der Waals surface area contributed by atoms with Gasteiger partial charge in [0.05, 0.1) is 5.69 Å². The van der Waals surface area contributed by atoms with Crippen molar-refractivity contribution in [1.82, 2.24) is 9.36 Å². The van der Waals surface area contributed by atoms with E-state index >= 15 is 0 Å². The van der Waals surface area contributed by atoms with Crippen molar-refractivity contribution in [2.75, 3.05) is 0 Å². The summed E-state index contributed by atoms with van der Waals surface area (Å²) in [5.74, 6) is 1.13. The van der Waals surface area contributed by atoms with Crippen molar-refractivity contribution in [2.45, 2.75) is 43.9 Å². The minimum Gasteiger partial charge on any atom is -0.284 e. The van der Waals surface area contributed by atoms with Crippen LogP contribution in [0.2, 0.25) is 0 Å². The third-order valence-corrected chi connectivity index (χ3v) is 4.83. The lowest BCUT2D eigenvalue weighted by Crippen LogP contribution is -2.21. The number of para-hydroxylation sites is 1. The molecule has 2 saturated carbocycles. The van der Waals surface area contributed by atoms with Crippen LogP contribution in [0.4, 0.5) is 0 Å². The van der Waals surface area contributed by atoms with Crippen molar-refractivity contribution in [2.24, 2.45) is 7.05 Å². The van der Waals surface area contributed by atoms with Crippen LogP contribution in [-0.4, -0.2) is 9.36 Å². The molecule has 4 rings (SSSR count). The Balaban J connectivity index is 1.93. The first-order valence-electron chi connectivity index (χ1n) is 7.64. The van der Waals surface area contributed by atoms with Gasteiger partial charge in [0.15, 0.2) is 0 Å². The molecule has 2 aromatic rings. The molecular weight excluding hydrogens is 248 g/mol. The second-order valence-corrected chi connectivity index (χ2v) is 6.18. The third-order valence-electron chi connectivity index (χ3n) is 4.83. The monoisotopic (exact) mass is 268 g/mol. The molecule has 0 spiro atoms. The molecule has 20 heavy (non-hydrogen) atoms. The van der Waals surface area contributed by atoms with E-state index in [4.69, 9.17) is 0 Å². The van der Waals surface area contributed by atoms with Crippen LogP contribution in [0, 0.1) is 0 Å². The number of hydrogen-bond acceptors (Lipinski definition) is 1. The number of hydrogen-bond donors (Lipinski definition) is 0. The van der Waals surface area contributed by atoms with Crippen molar-refractivity contribution < 1.29 is 0 Å². The van der Waals surface area contributed by atoms with Gasteiger partial charge in [0.25, 0.3) is 5.56 Å². The molecule has 104 valence electrons. The molecule has 1 heterocycles. The van der Waals surface area contributed by atoms with Gasteiger partial charge in [-0.05, 0) is 43.7 Å². The fraction of sp³-hybridized carbons (Fsp3) is 0.471. The summed E-state index contributed by atoms with van der Waals surface area (Å²) in [5.41, 5.74) is 3.62. The molecule has 0 unspecified atom stereocenters. The van der Waals surface area contributed by atoms with Gasteiger partial charge >= 0.3 is 0 Å². The standard InChI is InChI=1S/C17H20N2O/c1-18-16(13-6-5-7-13)15(12-10-11-12)17(20)19(18)14-8-3-2-4-9-14/h2-4,8-9,12-13H,5-7,10-11H2,1H3. The SMILES string of the molecule is Cn1c(C2CCC2)c(C2CC2)c(=O)n1-c1ccccc1. The normalized spacial score (nSPS) is 19.1. The van der Waals surface area contributed by atoms with Crippen molar-refractivity contribution in [1.29, 1.82) is 0 Å². The van der Waals surface area contributed by atoms with Crippen LogP contribution in [0.5, 0.6) is 0 Å². The van der Waals surface area contributed by atoms with E-state index in [1.807, 2.05) is 42.1 Å². The molecule has 0 bridgehead atoms. The lowest BCUT2D eigenvalue weighted by atomic mass is 9.81. The Morgan fingerprint density at radius 3 is 2.25 bits per heavy atom. The lowest BCUT2D eigenvalue weighted by Gasteiger charge is -2.27. The average molecular weight is 268 g/mol. The van der Waals surface area contributed by atoms with Crippen LogP contribution in [0.25, 0.3) is 5.69 Å². The van der Waals surface area contributed by atoms with Crippen molar-refractivity contribution >= 4 is 0 Å². The summed E-state index contributed by atoms with van der Waals surface area (Å²) < 4.78 is 3.98. The Labute approximate surface area is 118 Å². The molecule has 1 aromatic carbocycles. The van der Waals surface area contributed by atoms with Crippen LogP contribution >= 0.6 is 0 Å². The Bertz CT molecular complexity index is 688. The van der Waals surface area contributed by atoms with Gasteiger partial charge in [-0.2, -0.15) is 0 Å². The zero-order chi connectivity index (χ0) is 13.7. The summed E-state index contributed by atoms with van der Waals surface area (Å²) >= 11 is 0. The highest BCUT2D eigenvalue weighted by Gasteiger charge is 2.37. The van der Waals surface area contributed by atoms with E-state index in [-0.39, 0.29) is 5.56 Å². The molecule has 0 aliphatic heterocycles. The first-order chi connectivity index (χ1) is 9.77. The molecule has 3 nitrogen and oxygen atoms in total. The fourth-order valence-electron chi connectivity index (χ4n) is 3.42. The molecule has 2 aliphatic rings. The maximum atomic E-state index is 12.9. The molecule has 0 saturated heterocycles. The maximum Gasteiger partial charge on any atom is 0.275 e. The number of nitrogens with zero attached hydrogens (tertiary/aromatic N) is 2. The molecule has 1 aromatic heterocycles. The van der Waals surface area contributed by atoms with Crippen molar-refractivity contribution in [3.63, 3.8) is 0 Å². The highest BCUT2D eigenvalue weighted by atomic mass is 16.1. The predicted octanol–water partition coefficient (Wildman–Crippen LogP) is 3.32. The first-order valence-corrected chi connectivity index (χ1v) is 7.64. The highest BCUT2D eigenvalue weighted by Crippen LogP contribution is 2.46. The van der Waals surface area contributed by atoms with Gasteiger partial charge in [-0.3, -0.25) is 9.48 Å². The molecule has 0 radical (unpaired) electrons. The quantitative estimate of drug-likeness (QED) is 0.839. The van der Waals surface area contributed by atoms with E-state index in [2.05, 4.69) is 4.68 Å². The molecule has 2 fully saturated rings. The van der Waals surface area contributed by atoms with Gasteiger partial charge in [0, 0.05) is 24.2 Å². The summed E-state index contributed by atoms with van der Waals surface area (Å²) in [6.07, 6.45) is 6.17. The molecule has 2 aliphatic carbocycles. The summed E-state index contributed by atoms with van der Waals surface area (Å²) in [4.78, 5) is 12.9. The van der Waals surface area contributed by atoms with Gasteiger partial charge < -0.3 is 0 Å². The van der Waals surface area contributed by atoms with E-state index in [1.165, 1.54) is 37.8 Å². The Hall–Kier alpha value is -1.77. The van der Waals surface area contributed by atoms with Crippen molar-refractivity contribution in [3.05, 3.63) is 51.9 Å². The van der Waals surface area contributed by atoms with Crippen LogP contribution in [0.1, 0.15) is 55.2 Å². The maximum absolute atomic E-state index is 12.9. The molecule has 0 N–H and O–H groups in total. The highest BCUT2D eigenvalue weighted by molar-refractivity contribution is 5.38. The second-order valence-electron chi connectivity index (χ2n) is 6.18. The van der Waals surface area contributed by atoms with E-state index in [1.54, 1.807) is 0 Å². The molecule has 0 atom stereocenters. The van der Waals surface area contributed by atoms with E-state index in [9.17, 15) is 4.79 Å². The van der Waals surface area contributed by atoms with E-state index in [0.717, 1.165) is 11.3 Å². The van der Waals surface area contributed by atoms with Crippen LogP contribution in [-0.2, 0) is 7.05 Å². The summed E-state index contributed by atoms with van der Waals surface area (Å²) in [6, 6.07) is 10.0. The minimum absolute atomic E-state index is 0.211. The Kier molecular flexibility index (Phi) is 2.62. The first kappa shape index (κ1) is 12.0. The largest absolute Gasteiger partial charge is 0.284 e. The smallest absolute Gasteiger partial charge is 0.275 e. The average Bonchev–Trinajstić information content (AvgIpc) is 3.18. The van der Waals surface area contributed by atoms with Gasteiger partial charge in [-0.25, -0.2) is 4.68 Å². The number of aromatic nitrogens is 2. The predicted molar refractivity (Wildman–Crippen MR) is 79.6 cm³/mol. The second kappa shape index (κ2) is 4.37. The molecular formula is C17H20N2O. The summed E-state index contributed by atoms with van der Waals surface area (Å²) in [7, 11) is 2.05. The van der Waals surface area contributed by atoms with Gasteiger partial charge in [0.2, 0.25) is 0 Å². The molecule has 0 amide bonds. The zero-order valence-electron chi connectivity index (χ0n) is 11.9. The van der Waals surface area contributed by atoms with Crippen LogP contribution < -0.4 is 5.56 Å². The van der Waals surface area contributed by atoms with Crippen molar-refractivity contribution in [3.8, 4) is 5.69 Å². The van der Waals surface area contributed by atoms with Gasteiger partial charge in [-0.15, -0.1) is 0 Å². The molecule has 3 heteroatoms. The van der Waals surface area contributed by atoms with Gasteiger partial charge in [0.1, 0.15) is 0 Å². The van der Waals surface area contributed by atoms with Crippen LogP contribution in [0.3, 0.4) is 0 Å². The zero-order valence-corrected chi connectivity index (χ0v) is 11.9. The summed E-state index contributed by atoms with van der Waals surface area (Å²) in [6.45, 7) is 0. The van der Waals surface area contributed by atoms with Crippen LogP contribution in [0.15, 0.2) is 35.1 Å². The fourth-order valence-corrected chi connectivity index (χ4v) is 3.42. The number of benzene rings is 1. The Morgan fingerprint density at radius 1 is 1.00 bits per heavy atom. The third kappa shape index (κ3) is 1.69. The van der Waals surface area contributed by atoms with Gasteiger partial charge in [-0.1, -0.05) is 24.6 Å². The Morgan fingerprint density at radius 2 is 1.70 bits per heavy atom. The lowest BCUT2D eigenvalue weighted by molar-refractivity contribution is 0.389. The summed E-state index contributed by atoms with van der Waals surface area (Å²) in [5, 5.41) is 0. The van der Waals surface area contributed by atoms with E-state index < -0.39 is 0 Å². The topological polar surface area (TPSA) is 26.9 Å². The minimum atomic E-state index is 0.211. The van der Waals surface area contributed by atoms with E-state index in [0.29, 0.717) is 11.8 Å².